The Morgan fingerprint density at radius 2 is 1.90 bits per heavy atom. The van der Waals surface area contributed by atoms with Gasteiger partial charge in [0, 0.05) is 17.0 Å². The van der Waals surface area contributed by atoms with Crippen LogP contribution in [0.4, 0.5) is 0 Å². The molecule has 0 unspecified atom stereocenters. The van der Waals surface area contributed by atoms with Crippen LogP contribution in [-0.4, -0.2) is 24.7 Å². The zero-order valence-electron chi connectivity index (χ0n) is 15.1. The van der Waals surface area contributed by atoms with Gasteiger partial charge in [0.25, 0.3) is 5.56 Å². The molecule has 0 radical (unpaired) electrons. The fourth-order valence-corrected chi connectivity index (χ4v) is 5.30. The van der Waals surface area contributed by atoms with Gasteiger partial charge in [-0.05, 0) is 35.0 Å². The van der Waals surface area contributed by atoms with Crippen LogP contribution in [0.5, 0.6) is 0 Å². The number of H-pyrrole nitrogens is 1. The molecule has 5 rings (SSSR count). The molecule has 0 aliphatic heterocycles. The average molecular weight is 438 g/mol. The van der Waals surface area contributed by atoms with Crippen molar-refractivity contribution in [1.29, 1.82) is 0 Å². The van der Waals surface area contributed by atoms with E-state index >= 15 is 0 Å². The number of hydrogen-bond acceptors (Lipinski definition) is 7. The monoisotopic (exact) mass is 437 g/mol. The Balaban J connectivity index is 1.47. The Morgan fingerprint density at radius 3 is 2.72 bits per heavy atom. The maximum absolute atomic E-state index is 12.2. The van der Waals surface area contributed by atoms with Crippen molar-refractivity contribution in [1.82, 2.24) is 24.7 Å². The summed E-state index contributed by atoms with van der Waals surface area (Å²) in [6, 6.07) is 16.1. The molecule has 0 saturated heterocycles. The third kappa shape index (κ3) is 3.76. The second kappa shape index (κ2) is 7.94. The highest BCUT2D eigenvalue weighted by atomic mass is 32.2. The van der Waals surface area contributed by atoms with Crippen molar-refractivity contribution in [2.45, 2.75) is 17.3 Å². The molecule has 0 saturated carbocycles. The van der Waals surface area contributed by atoms with E-state index < -0.39 is 0 Å². The predicted molar refractivity (Wildman–Crippen MR) is 118 cm³/mol. The zero-order valence-corrected chi connectivity index (χ0v) is 17.6. The average Bonchev–Trinajstić information content (AvgIpc) is 3.49. The molecule has 4 heterocycles. The number of nitrogens with zero attached hydrogens (tertiary/aromatic N) is 4. The highest BCUT2D eigenvalue weighted by Gasteiger charge is 2.16. The smallest absolute Gasteiger partial charge is 0.268 e. The number of rotatable bonds is 6. The number of thiophene rings is 2. The van der Waals surface area contributed by atoms with Gasteiger partial charge in [0.1, 0.15) is 16.3 Å². The van der Waals surface area contributed by atoms with Crippen molar-refractivity contribution >= 4 is 44.7 Å². The predicted octanol–water partition coefficient (Wildman–Crippen LogP) is 4.51. The van der Waals surface area contributed by atoms with Gasteiger partial charge in [-0.2, -0.15) is 0 Å². The summed E-state index contributed by atoms with van der Waals surface area (Å²) in [4.78, 5) is 20.9. The minimum absolute atomic E-state index is 0.0940. The third-order valence-corrected chi connectivity index (χ3v) is 7.05. The second-order valence-electron chi connectivity index (χ2n) is 6.26. The van der Waals surface area contributed by atoms with Gasteiger partial charge in [-0.25, -0.2) is 4.98 Å². The summed E-state index contributed by atoms with van der Waals surface area (Å²) in [6.07, 6.45) is 0.718. The Morgan fingerprint density at radius 1 is 1.00 bits per heavy atom. The molecule has 0 fully saturated rings. The van der Waals surface area contributed by atoms with E-state index in [0.29, 0.717) is 16.3 Å². The van der Waals surface area contributed by atoms with E-state index in [1.165, 1.54) is 28.0 Å². The van der Waals surface area contributed by atoms with Crippen LogP contribution in [0.3, 0.4) is 0 Å². The second-order valence-corrected chi connectivity index (χ2v) is 9.15. The quantitative estimate of drug-likeness (QED) is 0.396. The number of para-hydroxylation sites is 1. The first kappa shape index (κ1) is 18.3. The van der Waals surface area contributed by atoms with Gasteiger partial charge in [0.2, 0.25) is 0 Å². The molecule has 0 bridgehead atoms. The van der Waals surface area contributed by atoms with E-state index in [1.54, 1.807) is 11.3 Å². The molecule has 144 valence electrons. The lowest BCUT2D eigenvalue weighted by Crippen LogP contribution is -2.09. The number of fused-ring (bicyclic) bond motifs is 1. The highest BCUT2D eigenvalue weighted by molar-refractivity contribution is 7.98. The van der Waals surface area contributed by atoms with Gasteiger partial charge < -0.3 is 4.98 Å². The van der Waals surface area contributed by atoms with E-state index in [9.17, 15) is 4.79 Å². The van der Waals surface area contributed by atoms with Crippen molar-refractivity contribution in [3.63, 3.8) is 0 Å². The first-order chi connectivity index (χ1) is 14.3. The van der Waals surface area contributed by atoms with Crippen LogP contribution in [0.25, 0.3) is 15.9 Å². The van der Waals surface area contributed by atoms with E-state index in [0.717, 1.165) is 28.6 Å². The minimum atomic E-state index is -0.0940. The van der Waals surface area contributed by atoms with Crippen molar-refractivity contribution in [2.75, 3.05) is 0 Å². The summed E-state index contributed by atoms with van der Waals surface area (Å²) in [7, 11) is 0. The summed E-state index contributed by atoms with van der Waals surface area (Å²) < 4.78 is 2.73. The SMILES string of the molecule is O=c1[nH]c(CSc2nnc(Cc3cccs3)n2-c2ccccc2)nc2ccsc12. The lowest BCUT2D eigenvalue weighted by molar-refractivity contribution is 0.849. The van der Waals surface area contributed by atoms with Gasteiger partial charge in [-0.3, -0.25) is 9.36 Å². The fraction of sp³-hybridized carbons (Fsp3) is 0.100. The molecule has 6 nitrogen and oxygen atoms in total. The lowest BCUT2D eigenvalue weighted by Gasteiger charge is -2.09. The largest absolute Gasteiger partial charge is 0.309 e. The van der Waals surface area contributed by atoms with Crippen LogP contribution in [0.1, 0.15) is 16.5 Å². The molecule has 29 heavy (non-hydrogen) atoms. The molecule has 1 aromatic carbocycles. The highest BCUT2D eigenvalue weighted by Crippen LogP contribution is 2.26. The Bertz CT molecular complexity index is 1310. The number of hydrogen-bond donors (Lipinski definition) is 1. The molecule has 5 aromatic rings. The summed E-state index contributed by atoms with van der Waals surface area (Å²) in [5, 5.41) is 13.6. The normalized spacial score (nSPS) is 11.3. The van der Waals surface area contributed by atoms with Gasteiger partial charge in [0.15, 0.2) is 5.16 Å². The van der Waals surface area contributed by atoms with Gasteiger partial charge in [0.05, 0.1) is 11.3 Å². The van der Waals surface area contributed by atoms with E-state index in [4.69, 9.17) is 0 Å². The fourth-order valence-electron chi connectivity index (χ4n) is 3.04. The molecule has 4 aromatic heterocycles. The van der Waals surface area contributed by atoms with Crippen LogP contribution >= 0.6 is 34.4 Å². The van der Waals surface area contributed by atoms with Crippen LogP contribution in [0.15, 0.2) is 69.2 Å². The minimum Gasteiger partial charge on any atom is -0.309 e. The van der Waals surface area contributed by atoms with Gasteiger partial charge in [-0.15, -0.1) is 32.9 Å². The first-order valence-corrected chi connectivity index (χ1v) is 11.6. The molecule has 9 heteroatoms. The molecule has 0 spiro atoms. The summed E-state index contributed by atoms with van der Waals surface area (Å²) >= 11 is 4.62. The van der Waals surface area contributed by atoms with Crippen molar-refractivity contribution in [3.8, 4) is 5.69 Å². The topological polar surface area (TPSA) is 76.5 Å². The molecule has 0 atom stereocenters. The Labute approximate surface area is 178 Å². The van der Waals surface area contributed by atoms with Gasteiger partial charge in [-0.1, -0.05) is 36.0 Å². The van der Waals surface area contributed by atoms with E-state index in [-0.39, 0.29) is 5.56 Å². The maximum atomic E-state index is 12.2. The standard InChI is InChI=1S/C20H15N5OS3/c26-19-18-15(8-10-28-18)21-16(22-19)12-29-20-24-23-17(11-14-7-4-9-27-14)25(20)13-5-2-1-3-6-13/h1-10H,11-12H2,(H,21,22,26). The van der Waals surface area contributed by atoms with Crippen molar-refractivity contribution in [2.24, 2.45) is 0 Å². The number of benzene rings is 1. The summed E-state index contributed by atoms with van der Waals surface area (Å²) in [5.74, 6) is 2.02. The van der Waals surface area contributed by atoms with Crippen molar-refractivity contribution < 1.29 is 0 Å². The Kier molecular flexibility index (Phi) is 5.01. The van der Waals surface area contributed by atoms with E-state index in [1.807, 2.05) is 47.8 Å². The van der Waals surface area contributed by atoms with Crippen LogP contribution in [-0.2, 0) is 12.2 Å². The van der Waals surface area contributed by atoms with Crippen LogP contribution in [0.2, 0.25) is 0 Å². The number of aromatic nitrogens is 5. The zero-order chi connectivity index (χ0) is 19.6. The summed E-state index contributed by atoms with van der Waals surface area (Å²) in [6.45, 7) is 0. The summed E-state index contributed by atoms with van der Waals surface area (Å²) in [5.41, 5.74) is 1.65. The van der Waals surface area contributed by atoms with Crippen LogP contribution < -0.4 is 5.56 Å². The number of nitrogens with one attached hydrogen (secondary N) is 1. The Hall–Kier alpha value is -2.75. The maximum Gasteiger partial charge on any atom is 0.268 e. The molecular formula is C20H15N5OS3. The lowest BCUT2D eigenvalue weighted by atomic mass is 10.3. The van der Waals surface area contributed by atoms with E-state index in [2.05, 4.69) is 36.2 Å². The molecule has 0 aliphatic carbocycles. The number of aromatic amines is 1. The third-order valence-electron chi connectivity index (χ3n) is 4.33. The molecular weight excluding hydrogens is 422 g/mol. The molecule has 1 N–H and O–H groups in total. The first-order valence-electron chi connectivity index (χ1n) is 8.89. The van der Waals surface area contributed by atoms with Gasteiger partial charge >= 0.3 is 0 Å². The molecule has 0 aliphatic rings. The van der Waals surface area contributed by atoms with Crippen molar-refractivity contribution in [3.05, 3.63) is 86.2 Å². The van der Waals surface area contributed by atoms with Crippen LogP contribution in [0, 0.1) is 0 Å². The molecule has 0 amide bonds. The number of thioether (sulfide) groups is 1.